The van der Waals surface area contributed by atoms with E-state index in [2.05, 4.69) is 14.7 Å². The minimum atomic E-state index is -3.73. The highest BCUT2D eigenvalue weighted by atomic mass is 32.2. The van der Waals surface area contributed by atoms with Gasteiger partial charge in [-0.1, -0.05) is 6.07 Å². The average Bonchev–Trinajstić information content (AvgIpc) is 2.83. The van der Waals surface area contributed by atoms with Gasteiger partial charge in [0, 0.05) is 17.8 Å². The third-order valence-corrected chi connectivity index (χ3v) is 4.85. The summed E-state index contributed by atoms with van der Waals surface area (Å²) in [5.74, 6) is -0.356. The molecule has 3 rings (SSSR count). The zero-order chi connectivity index (χ0) is 18.0. The van der Waals surface area contributed by atoms with E-state index in [4.69, 9.17) is 4.74 Å². The molecule has 0 fully saturated rings. The lowest BCUT2D eigenvalue weighted by atomic mass is 10.2. The number of fused-ring (bicyclic) bond motifs is 1. The van der Waals surface area contributed by atoms with Gasteiger partial charge in [-0.3, -0.25) is 9.71 Å². The van der Waals surface area contributed by atoms with E-state index >= 15 is 0 Å². The third-order valence-electron chi connectivity index (χ3n) is 3.47. The summed E-state index contributed by atoms with van der Waals surface area (Å²) >= 11 is 0. The lowest BCUT2D eigenvalue weighted by Crippen LogP contribution is -2.22. The SMILES string of the molecule is COc1cc(C=NCN=C2NS(=O)(=O)c3cc(O)ccc32)ccc1F. The molecule has 0 amide bonds. The van der Waals surface area contributed by atoms with Gasteiger partial charge < -0.3 is 9.84 Å². The molecule has 0 radical (unpaired) electrons. The maximum Gasteiger partial charge on any atom is 0.263 e. The topological polar surface area (TPSA) is 100 Å². The predicted octanol–water partition coefficient (Wildman–Crippen LogP) is 1.66. The summed E-state index contributed by atoms with van der Waals surface area (Å²) in [6.07, 6.45) is 1.48. The van der Waals surface area contributed by atoms with E-state index in [0.29, 0.717) is 11.1 Å². The van der Waals surface area contributed by atoms with Gasteiger partial charge in [0.1, 0.15) is 23.1 Å². The van der Waals surface area contributed by atoms with Crippen LogP contribution >= 0.6 is 0 Å². The van der Waals surface area contributed by atoms with E-state index in [9.17, 15) is 17.9 Å². The Bertz CT molecular complexity index is 987. The fraction of sp³-hybridized carbons (Fsp3) is 0.125. The van der Waals surface area contributed by atoms with Crippen LogP contribution in [0.4, 0.5) is 4.39 Å². The molecule has 0 aromatic heterocycles. The summed E-state index contributed by atoms with van der Waals surface area (Å²) < 4.78 is 44.5. The normalized spacial score (nSPS) is 16.8. The van der Waals surface area contributed by atoms with Crippen LogP contribution in [0.15, 0.2) is 51.3 Å². The molecule has 7 nitrogen and oxygen atoms in total. The number of nitrogens with one attached hydrogen (secondary N) is 1. The first-order valence-corrected chi connectivity index (χ1v) is 8.63. The smallest absolute Gasteiger partial charge is 0.263 e. The Balaban J connectivity index is 1.78. The highest BCUT2D eigenvalue weighted by molar-refractivity contribution is 7.90. The van der Waals surface area contributed by atoms with Crippen LogP contribution in [0.2, 0.25) is 0 Å². The molecule has 0 spiro atoms. The molecule has 2 aromatic carbocycles. The summed E-state index contributed by atoms with van der Waals surface area (Å²) in [6.45, 7) is -0.0299. The minimum absolute atomic E-state index is 0.0292. The van der Waals surface area contributed by atoms with Crippen molar-refractivity contribution < 1.29 is 22.7 Å². The largest absolute Gasteiger partial charge is 0.508 e. The monoisotopic (exact) mass is 363 g/mol. The van der Waals surface area contributed by atoms with Gasteiger partial charge in [0.15, 0.2) is 11.6 Å². The lowest BCUT2D eigenvalue weighted by Gasteiger charge is -2.02. The van der Waals surface area contributed by atoms with Crippen molar-refractivity contribution in [2.45, 2.75) is 4.90 Å². The number of aromatic hydroxyl groups is 1. The molecule has 1 aliphatic rings. The molecule has 0 saturated heterocycles. The molecule has 25 heavy (non-hydrogen) atoms. The number of nitrogens with zero attached hydrogens (tertiary/aromatic N) is 2. The van der Waals surface area contributed by atoms with Gasteiger partial charge >= 0.3 is 0 Å². The number of hydrogen-bond donors (Lipinski definition) is 2. The zero-order valence-corrected chi connectivity index (χ0v) is 13.9. The fourth-order valence-corrected chi connectivity index (χ4v) is 3.57. The van der Waals surface area contributed by atoms with Crippen molar-refractivity contribution in [2.24, 2.45) is 9.98 Å². The quantitative estimate of drug-likeness (QED) is 0.807. The second kappa shape index (κ2) is 6.52. The van der Waals surface area contributed by atoms with E-state index < -0.39 is 15.8 Å². The number of methoxy groups -OCH3 is 1. The number of hydrogen-bond acceptors (Lipinski definition) is 6. The number of halogens is 1. The molecule has 0 bridgehead atoms. The summed E-state index contributed by atoms with van der Waals surface area (Å²) in [5, 5.41) is 9.42. The Kier molecular flexibility index (Phi) is 4.41. The molecule has 0 aliphatic carbocycles. The van der Waals surface area contributed by atoms with Crippen molar-refractivity contribution >= 4 is 22.1 Å². The van der Waals surface area contributed by atoms with Crippen LogP contribution < -0.4 is 9.46 Å². The molecule has 2 N–H and O–H groups in total. The highest BCUT2D eigenvalue weighted by Crippen LogP contribution is 2.26. The van der Waals surface area contributed by atoms with Crippen LogP contribution in [0.5, 0.6) is 11.5 Å². The van der Waals surface area contributed by atoms with E-state index in [-0.39, 0.29) is 28.9 Å². The number of sulfonamides is 1. The van der Waals surface area contributed by atoms with Crippen molar-refractivity contribution in [3.05, 3.63) is 53.3 Å². The maximum atomic E-state index is 13.3. The standard InChI is InChI=1S/C16H14FN3O4S/c1-24-14-6-10(2-5-13(14)17)8-18-9-19-16-12-4-3-11(21)7-15(12)25(22,23)20-16/h2-8,21H,9H2,1H3,(H,19,20). The molecule has 2 aromatic rings. The van der Waals surface area contributed by atoms with E-state index in [1.54, 1.807) is 0 Å². The number of aliphatic imine (C=N–C) groups is 2. The summed E-state index contributed by atoms with van der Waals surface area (Å²) in [6, 6.07) is 8.29. The average molecular weight is 363 g/mol. The number of amidine groups is 1. The predicted molar refractivity (Wildman–Crippen MR) is 90.4 cm³/mol. The van der Waals surface area contributed by atoms with Gasteiger partial charge in [0.05, 0.1) is 7.11 Å². The summed E-state index contributed by atoms with van der Waals surface area (Å²) in [7, 11) is -2.36. The third kappa shape index (κ3) is 3.45. The Labute approximate surface area is 143 Å². The zero-order valence-electron chi connectivity index (χ0n) is 13.1. The molecule has 0 atom stereocenters. The fourth-order valence-electron chi connectivity index (χ4n) is 2.30. The highest BCUT2D eigenvalue weighted by Gasteiger charge is 2.30. The van der Waals surface area contributed by atoms with Gasteiger partial charge in [0.25, 0.3) is 10.0 Å². The molecule has 0 saturated carbocycles. The van der Waals surface area contributed by atoms with Crippen LogP contribution in [0.1, 0.15) is 11.1 Å². The number of phenolic OH excluding ortho intramolecular Hbond substituents is 1. The van der Waals surface area contributed by atoms with Gasteiger partial charge in [-0.2, -0.15) is 0 Å². The Hall–Kier alpha value is -2.94. The van der Waals surface area contributed by atoms with Crippen LogP contribution in [0.25, 0.3) is 0 Å². The molecular formula is C16H14FN3O4S. The van der Waals surface area contributed by atoms with Crippen molar-refractivity contribution in [1.82, 2.24) is 4.72 Å². The first-order valence-electron chi connectivity index (χ1n) is 7.15. The van der Waals surface area contributed by atoms with E-state index in [1.165, 1.54) is 43.7 Å². The van der Waals surface area contributed by atoms with Crippen LogP contribution in [0.3, 0.4) is 0 Å². The second-order valence-electron chi connectivity index (χ2n) is 5.14. The van der Waals surface area contributed by atoms with E-state index in [1.807, 2.05) is 0 Å². The van der Waals surface area contributed by atoms with Crippen LogP contribution in [0, 0.1) is 5.82 Å². The van der Waals surface area contributed by atoms with Crippen LogP contribution in [-0.4, -0.2) is 39.4 Å². The summed E-state index contributed by atoms with van der Waals surface area (Å²) in [4.78, 5) is 8.15. The van der Waals surface area contributed by atoms with Gasteiger partial charge in [0.2, 0.25) is 0 Å². The lowest BCUT2D eigenvalue weighted by molar-refractivity contribution is 0.386. The number of phenols is 1. The first-order chi connectivity index (χ1) is 11.9. The summed E-state index contributed by atoms with van der Waals surface area (Å²) in [5.41, 5.74) is 0.993. The molecule has 0 unspecified atom stereocenters. The van der Waals surface area contributed by atoms with E-state index in [0.717, 1.165) is 6.07 Å². The molecular weight excluding hydrogens is 349 g/mol. The molecule has 130 valence electrons. The van der Waals surface area contributed by atoms with Gasteiger partial charge in [-0.05, 0) is 29.8 Å². The Morgan fingerprint density at radius 3 is 2.84 bits per heavy atom. The first kappa shape index (κ1) is 16.9. The van der Waals surface area contributed by atoms with Crippen molar-refractivity contribution in [3.63, 3.8) is 0 Å². The minimum Gasteiger partial charge on any atom is -0.508 e. The Morgan fingerprint density at radius 2 is 2.08 bits per heavy atom. The Morgan fingerprint density at radius 1 is 1.28 bits per heavy atom. The number of rotatable bonds is 4. The maximum absolute atomic E-state index is 13.3. The van der Waals surface area contributed by atoms with Gasteiger partial charge in [-0.25, -0.2) is 17.8 Å². The second-order valence-corrected chi connectivity index (χ2v) is 6.79. The number of ether oxygens (including phenoxy) is 1. The number of benzene rings is 2. The van der Waals surface area contributed by atoms with Crippen molar-refractivity contribution in [3.8, 4) is 11.5 Å². The van der Waals surface area contributed by atoms with Crippen LogP contribution in [-0.2, 0) is 10.0 Å². The van der Waals surface area contributed by atoms with Gasteiger partial charge in [-0.15, -0.1) is 0 Å². The van der Waals surface area contributed by atoms with Crippen molar-refractivity contribution in [1.29, 1.82) is 0 Å². The molecule has 9 heteroatoms. The molecule has 1 aliphatic heterocycles. The van der Waals surface area contributed by atoms with Crippen molar-refractivity contribution in [2.75, 3.05) is 13.8 Å². The molecule has 1 heterocycles.